The molecule has 7 heteroatoms. The van der Waals surface area contributed by atoms with Crippen LogP contribution in [-0.2, 0) is 17.1 Å². The van der Waals surface area contributed by atoms with Gasteiger partial charge in [-0.3, -0.25) is 9.98 Å². The second-order valence-corrected chi connectivity index (χ2v) is 9.81. The number of benzene rings is 1. The number of aromatic nitrogens is 1. The standard InChI is InChI=1S/C25H27Br2N3.CH3.Fe.H2O/c1-14-10-16(3)24(20(26)12-14)28-18(5)22-8-7-9-23(30-22)19(6)29-25-17(4)11-15(2)13-21(25)27;;;/h7-12,15H,13H2,1-6H3;1H3;;1H2/q;-1;;. The SMILES string of the molecule is CC1=CC(C)CC(Br)=C1N=C(C)c1cccc(C(C)=Nc2c(C)cc(C)cc2Br)n1.O.[CH3-].[Fe]. The summed E-state index contributed by atoms with van der Waals surface area (Å²) >= 11 is 7.36. The van der Waals surface area contributed by atoms with Crippen molar-refractivity contribution in [2.75, 3.05) is 0 Å². The molecule has 33 heavy (non-hydrogen) atoms. The number of aryl methyl sites for hydroxylation is 2. The monoisotopic (exact) mass is 616 g/mol. The normalized spacial score (nSPS) is 16.4. The van der Waals surface area contributed by atoms with Gasteiger partial charge >= 0.3 is 0 Å². The molecule has 3 rings (SSSR count). The molecule has 1 aromatic heterocycles. The molecule has 0 spiro atoms. The molecule has 0 amide bonds. The van der Waals surface area contributed by atoms with Crippen LogP contribution in [0.15, 0.2) is 66.6 Å². The maximum absolute atomic E-state index is 4.90. The first-order chi connectivity index (χ1) is 14.2. The summed E-state index contributed by atoms with van der Waals surface area (Å²) in [6.45, 7) is 12.5. The average molecular weight is 618 g/mol. The molecule has 0 saturated carbocycles. The van der Waals surface area contributed by atoms with Crippen LogP contribution in [-0.4, -0.2) is 21.9 Å². The molecule has 1 unspecified atom stereocenters. The Hall–Kier alpha value is -1.37. The Morgan fingerprint density at radius 1 is 1.00 bits per heavy atom. The van der Waals surface area contributed by atoms with Crippen molar-refractivity contribution in [1.82, 2.24) is 4.98 Å². The summed E-state index contributed by atoms with van der Waals surface area (Å²) in [4.78, 5) is 14.6. The van der Waals surface area contributed by atoms with Crippen LogP contribution in [0, 0.1) is 27.2 Å². The fraction of sp³-hybridized carbons (Fsp3) is 0.308. The Bertz CT molecular complexity index is 1100. The van der Waals surface area contributed by atoms with Crippen molar-refractivity contribution in [3.8, 4) is 0 Å². The van der Waals surface area contributed by atoms with E-state index in [9.17, 15) is 0 Å². The van der Waals surface area contributed by atoms with Crippen molar-refractivity contribution in [3.63, 3.8) is 0 Å². The first-order valence-electron chi connectivity index (χ1n) is 10.1. The fourth-order valence-electron chi connectivity index (χ4n) is 3.64. The maximum atomic E-state index is 4.90. The Labute approximate surface area is 225 Å². The van der Waals surface area contributed by atoms with Crippen molar-refractivity contribution in [2.24, 2.45) is 15.9 Å². The minimum Gasteiger partial charge on any atom is -0.412 e. The summed E-state index contributed by atoms with van der Waals surface area (Å²) in [5, 5.41) is 0. The predicted molar refractivity (Wildman–Crippen MR) is 145 cm³/mol. The maximum Gasteiger partial charge on any atom is 0.0849 e. The molecule has 1 aliphatic carbocycles. The van der Waals surface area contributed by atoms with Gasteiger partial charge in [0.05, 0.1) is 34.2 Å². The average Bonchev–Trinajstić information content (AvgIpc) is 2.67. The van der Waals surface area contributed by atoms with E-state index in [0.29, 0.717) is 5.92 Å². The van der Waals surface area contributed by atoms with Crippen LogP contribution in [0.4, 0.5) is 5.69 Å². The molecule has 0 aliphatic heterocycles. The van der Waals surface area contributed by atoms with Gasteiger partial charge in [-0.15, -0.1) is 0 Å². The second kappa shape index (κ2) is 13.5. The fourth-order valence-corrected chi connectivity index (χ4v) is 5.32. The van der Waals surface area contributed by atoms with E-state index in [1.165, 1.54) is 11.1 Å². The summed E-state index contributed by atoms with van der Waals surface area (Å²) in [6, 6.07) is 10.2. The molecule has 4 nitrogen and oxygen atoms in total. The predicted octanol–water partition coefficient (Wildman–Crippen LogP) is 7.63. The van der Waals surface area contributed by atoms with E-state index in [1.807, 2.05) is 32.0 Å². The molecule has 0 radical (unpaired) electrons. The Morgan fingerprint density at radius 3 is 2.12 bits per heavy atom. The number of hydrogen-bond donors (Lipinski definition) is 0. The number of aliphatic imine (C=N–C) groups is 2. The molecule has 1 aromatic carbocycles. The Balaban J connectivity index is 0.00000341. The third kappa shape index (κ3) is 7.83. The van der Waals surface area contributed by atoms with Gasteiger partial charge in [-0.25, -0.2) is 4.98 Å². The van der Waals surface area contributed by atoms with E-state index < -0.39 is 0 Å². The molecular weight excluding hydrogens is 586 g/mol. The first-order valence-corrected chi connectivity index (χ1v) is 11.7. The zero-order chi connectivity index (χ0) is 22.0. The molecule has 2 aromatic rings. The Morgan fingerprint density at radius 2 is 1.58 bits per heavy atom. The smallest absolute Gasteiger partial charge is 0.0849 e. The van der Waals surface area contributed by atoms with Crippen LogP contribution in [0.5, 0.6) is 0 Å². The summed E-state index contributed by atoms with van der Waals surface area (Å²) in [5.74, 6) is 0.531. The van der Waals surface area contributed by atoms with Crippen LogP contribution in [0.2, 0.25) is 0 Å². The van der Waals surface area contributed by atoms with E-state index in [-0.39, 0.29) is 30.0 Å². The zero-order valence-electron chi connectivity index (χ0n) is 20.2. The van der Waals surface area contributed by atoms with Gasteiger partial charge in [-0.1, -0.05) is 41.1 Å². The summed E-state index contributed by atoms with van der Waals surface area (Å²) in [6.07, 6.45) is 3.26. The van der Waals surface area contributed by atoms with Gasteiger partial charge in [0.1, 0.15) is 0 Å². The molecule has 0 bridgehead atoms. The van der Waals surface area contributed by atoms with Crippen molar-refractivity contribution in [1.29, 1.82) is 0 Å². The van der Waals surface area contributed by atoms with Crippen LogP contribution in [0.25, 0.3) is 0 Å². The molecule has 0 saturated heterocycles. The third-order valence-electron chi connectivity index (χ3n) is 5.11. The molecule has 1 aliphatic rings. The number of hydrogen-bond acceptors (Lipinski definition) is 3. The quantitative estimate of drug-likeness (QED) is 0.198. The van der Waals surface area contributed by atoms with Gasteiger partial charge in [0.25, 0.3) is 0 Å². The van der Waals surface area contributed by atoms with Crippen molar-refractivity contribution in [2.45, 2.75) is 48.0 Å². The van der Waals surface area contributed by atoms with Crippen LogP contribution >= 0.6 is 31.9 Å². The third-order valence-corrected chi connectivity index (χ3v) is 6.42. The number of nitrogens with zero attached hydrogens (tertiary/aromatic N) is 3. The molecule has 180 valence electrons. The van der Waals surface area contributed by atoms with Crippen LogP contribution in [0.3, 0.4) is 0 Å². The van der Waals surface area contributed by atoms with Gasteiger partial charge in [0, 0.05) is 26.0 Å². The van der Waals surface area contributed by atoms with Gasteiger partial charge in [-0.2, -0.15) is 0 Å². The number of allylic oxidation sites excluding steroid dienone is 3. The number of rotatable bonds is 4. The summed E-state index contributed by atoms with van der Waals surface area (Å²) in [7, 11) is 0. The van der Waals surface area contributed by atoms with E-state index >= 15 is 0 Å². The van der Waals surface area contributed by atoms with Crippen molar-refractivity contribution in [3.05, 3.63) is 86.6 Å². The van der Waals surface area contributed by atoms with Gasteiger partial charge in [-0.05, 0) is 97.8 Å². The summed E-state index contributed by atoms with van der Waals surface area (Å²) < 4.78 is 2.15. The van der Waals surface area contributed by atoms with E-state index in [1.54, 1.807) is 0 Å². The molecule has 1 atom stereocenters. The molecular formula is C26H32Br2FeN3O-. The molecule has 1 heterocycles. The van der Waals surface area contributed by atoms with Crippen molar-refractivity contribution >= 4 is 49.0 Å². The topological polar surface area (TPSA) is 69.1 Å². The van der Waals surface area contributed by atoms with Crippen molar-refractivity contribution < 1.29 is 22.5 Å². The largest absolute Gasteiger partial charge is 0.412 e. The van der Waals surface area contributed by atoms with Gasteiger partial charge < -0.3 is 12.9 Å². The van der Waals surface area contributed by atoms with E-state index in [0.717, 1.165) is 55.1 Å². The van der Waals surface area contributed by atoms with Gasteiger partial charge in [0.15, 0.2) is 0 Å². The first kappa shape index (κ1) is 31.6. The second-order valence-electron chi connectivity index (χ2n) is 8.00. The minimum atomic E-state index is 0. The molecule has 2 N–H and O–H groups in total. The zero-order valence-corrected chi connectivity index (χ0v) is 24.5. The minimum absolute atomic E-state index is 0. The Kier molecular flexibility index (Phi) is 12.9. The van der Waals surface area contributed by atoms with Crippen LogP contribution < -0.4 is 0 Å². The van der Waals surface area contributed by atoms with Crippen LogP contribution in [0.1, 0.15) is 56.6 Å². The number of pyridine rings is 1. The van der Waals surface area contributed by atoms with E-state index in [4.69, 9.17) is 15.0 Å². The summed E-state index contributed by atoms with van der Waals surface area (Å²) in [5.41, 5.74) is 9.00. The van der Waals surface area contributed by atoms with E-state index in [2.05, 4.69) is 77.8 Å². The number of halogens is 2. The van der Waals surface area contributed by atoms with Gasteiger partial charge in [0.2, 0.25) is 0 Å². The molecule has 0 fully saturated rings.